The van der Waals surface area contributed by atoms with Gasteiger partial charge in [0.15, 0.2) is 6.29 Å². The summed E-state index contributed by atoms with van der Waals surface area (Å²) < 4.78 is 22.9. The molecule has 2 aromatic rings. The molecule has 0 amide bonds. The first-order valence-electron chi connectivity index (χ1n) is 11.1. The van der Waals surface area contributed by atoms with Gasteiger partial charge in [-0.15, -0.1) is 0 Å². The zero-order valence-electron chi connectivity index (χ0n) is 17.2. The maximum atomic E-state index is 6.55. The van der Waals surface area contributed by atoms with E-state index in [0.29, 0.717) is 6.04 Å². The van der Waals surface area contributed by atoms with Crippen molar-refractivity contribution in [3.63, 3.8) is 0 Å². The van der Waals surface area contributed by atoms with E-state index in [1.807, 2.05) is 12.5 Å². The number of nitrogens with zero attached hydrogens (tertiary/aromatic N) is 4. The molecule has 6 heterocycles. The molecule has 7 heteroatoms. The summed E-state index contributed by atoms with van der Waals surface area (Å²) in [5.74, 6) is 0. The van der Waals surface area contributed by atoms with Gasteiger partial charge in [0.25, 0.3) is 0 Å². The monoisotopic (exact) mass is 398 g/mol. The third-order valence-corrected chi connectivity index (χ3v) is 7.57. The van der Waals surface area contributed by atoms with E-state index in [-0.39, 0.29) is 17.3 Å². The van der Waals surface area contributed by atoms with Crippen molar-refractivity contribution in [2.75, 3.05) is 19.8 Å². The largest absolute Gasteiger partial charge is 0.368 e. The topological polar surface area (TPSA) is 63.3 Å². The van der Waals surface area contributed by atoms with Gasteiger partial charge in [-0.3, -0.25) is 4.68 Å². The average Bonchev–Trinajstić information content (AvgIpc) is 3.42. The highest BCUT2D eigenvalue weighted by Crippen LogP contribution is 2.54. The van der Waals surface area contributed by atoms with E-state index in [9.17, 15) is 0 Å². The number of ether oxygens (including phenoxy) is 3. The molecule has 0 aromatic carbocycles. The first kappa shape index (κ1) is 18.1. The Labute approximate surface area is 171 Å². The molecule has 0 spiro atoms. The third kappa shape index (κ3) is 2.89. The smallest absolute Gasteiger partial charge is 0.157 e. The second-order valence-corrected chi connectivity index (χ2v) is 9.52. The Morgan fingerprint density at radius 1 is 1.21 bits per heavy atom. The number of hydrogen-bond acceptors (Lipinski definition) is 5. The summed E-state index contributed by atoms with van der Waals surface area (Å²) in [6, 6.07) is 2.61. The average molecular weight is 399 g/mol. The highest BCUT2D eigenvalue weighted by atomic mass is 16.7. The van der Waals surface area contributed by atoms with Gasteiger partial charge in [-0.25, -0.2) is 4.98 Å². The van der Waals surface area contributed by atoms with Gasteiger partial charge in [0.1, 0.15) is 5.60 Å². The van der Waals surface area contributed by atoms with Crippen LogP contribution in [0.15, 0.2) is 18.6 Å². The van der Waals surface area contributed by atoms with Gasteiger partial charge in [-0.05, 0) is 57.9 Å². The highest BCUT2D eigenvalue weighted by molar-refractivity contribution is 5.57. The second kappa shape index (κ2) is 6.65. The molecular weight excluding hydrogens is 368 g/mol. The van der Waals surface area contributed by atoms with Crippen LogP contribution in [0.1, 0.15) is 63.6 Å². The fourth-order valence-corrected chi connectivity index (χ4v) is 5.57. The van der Waals surface area contributed by atoms with Gasteiger partial charge in [0, 0.05) is 12.0 Å². The van der Waals surface area contributed by atoms with Gasteiger partial charge >= 0.3 is 0 Å². The maximum Gasteiger partial charge on any atom is 0.157 e. The van der Waals surface area contributed by atoms with E-state index in [2.05, 4.69) is 27.2 Å². The molecule has 0 radical (unpaired) electrons. The molecule has 29 heavy (non-hydrogen) atoms. The molecule has 5 aliphatic rings. The standard InChI is InChI=1S/C22H30N4O3/c1-16-12-26-17(18-11-23-15-25(16)18)10-19(24-26)22-7-5-21(6-8-22,14-29-22)13-28-20-4-2-3-9-27-20/h10-11,15-16,20H,2-9,12-14H2,1H3/t16-,20?,21?,22?/m0/s1. The van der Waals surface area contributed by atoms with Crippen LogP contribution < -0.4 is 0 Å². The Kier molecular flexibility index (Phi) is 4.15. The molecule has 7 rings (SSSR count). The minimum atomic E-state index is -0.235. The summed E-state index contributed by atoms with van der Waals surface area (Å²) in [6.07, 6.45) is 11.6. The van der Waals surface area contributed by atoms with Crippen molar-refractivity contribution < 1.29 is 14.2 Å². The lowest BCUT2D eigenvalue weighted by Gasteiger charge is -2.52. The van der Waals surface area contributed by atoms with E-state index in [1.54, 1.807) is 0 Å². The minimum absolute atomic E-state index is 0.0153. The van der Waals surface area contributed by atoms with Crippen LogP contribution in [-0.4, -0.2) is 45.4 Å². The van der Waals surface area contributed by atoms with E-state index in [1.165, 1.54) is 6.42 Å². The van der Waals surface area contributed by atoms with Crippen LogP contribution in [0.3, 0.4) is 0 Å². The van der Waals surface area contributed by atoms with Crippen molar-refractivity contribution in [2.45, 2.75) is 76.3 Å². The zero-order chi connectivity index (χ0) is 19.5. The zero-order valence-corrected chi connectivity index (χ0v) is 17.2. The summed E-state index contributed by atoms with van der Waals surface area (Å²) in [5.41, 5.74) is 3.32. The number of aromatic nitrogens is 4. The predicted molar refractivity (Wildman–Crippen MR) is 106 cm³/mol. The molecule has 2 atom stereocenters. The van der Waals surface area contributed by atoms with Gasteiger partial charge < -0.3 is 18.8 Å². The lowest BCUT2D eigenvalue weighted by atomic mass is 9.65. The fourth-order valence-electron chi connectivity index (χ4n) is 5.57. The van der Waals surface area contributed by atoms with Gasteiger partial charge in [-0.2, -0.15) is 5.10 Å². The molecule has 4 fully saturated rings. The Morgan fingerprint density at radius 2 is 2.10 bits per heavy atom. The summed E-state index contributed by atoms with van der Waals surface area (Å²) in [5, 5.41) is 5.01. The number of fused-ring (bicyclic) bond motifs is 6. The summed E-state index contributed by atoms with van der Waals surface area (Å²) >= 11 is 0. The van der Waals surface area contributed by atoms with Crippen molar-refractivity contribution >= 4 is 0 Å². The second-order valence-electron chi connectivity index (χ2n) is 9.52. The molecule has 2 bridgehead atoms. The maximum absolute atomic E-state index is 6.55. The van der Waals surface area contributed by atoms with Crippen LogP contribution in [0.25, 0.3) is 11.4 Å². The third-order valence-electron chi connectivity index (χ3n) is 7.57. The minimum Gasteiger partial charge on any atom is -0.368 e. The molecule has 1 aliphatic carbocycles. The van der Waals surface area contributed by atoms with Crippen LogP contribution in [0.2, 0.25) is 0 Å². The molecule has 7 nitrogen and oxygen atoms in total. The quantitative estimate of drug-likeness (QED) is 0.787. The predicted octanol–water partition coefficient (Wildman–Crippen LogP) is 3.65. The van der Waals surface area contributed by atoms with E-state index in [4.69, 9.17) is 19.3 Å². The Balaban J connectivity index is 1.19. The lowest BCUT2D eigenvalue weighted by Crippen LogP contribution is -2.51. The first-order valence-corrected chi connectivity index (χ1v) is 11.1. The number of hydrogen-bond donors (Lipinski definition) is 0. The van der Waals surface area contributed by atoms with Crippen molar-refractivity contribution in [3.8, 4) is 11.4 Å². The normalized spacial score (nSPS) is 36.0. The first-order chi connectivity index (χ1) is 14.2. The van der Waals surface area contributed by atoms with Crippen LogP contribution in [0, 0.1) is 5.41 Å². The highest BCUT2D eigenvalue weighted by Gasteiger charge is 2.52. The molecule has 4 aliphatic heterocycles. The van der Waals surface area contributed by atoms with E-state index >= 15 is 0 Å². The van der Waals surface area contributed by atoms with Crippen molar-refractivity contribution in [2.24, 2.45) is 5.41 Å². The molecule has 3 saturated heterocycles. The lowest BCUT2D eigenvalue weighted by molar-refractivity contribution is -0.236. The van der Waals surface area contributed by atoms with Gasteiger partial charge in [-0.1, -0.05) is 0 Å². The fraction of sp³-hybridized carbons (Fsp3) is 0.727. The Morgan fingerprint density at radius 3 is 2.86 bits per heavy atom. The molecule has 1 saturated carbocycles. The number of rotatable bonds is 4. The van der Waals surface area contributed by atoms with Crippen molar-refractivity contribution in [1.29, 1.82) is 0 Å². The Bertz CT molecular complexity index is 873. The van der Waals surface area contributed by atoms with Crippen LogP contribution in [0.5, 0.6) is 0 Å². The molecule has 1 unspecified atom stereocenters. The molecular formula is C22H30N4O3. The molecule has 156 valence electrons. The van der Waals surface area contributed by atoms with E-state index in [0.717, 1.165) is 82.0 Å². The van der Waals surface area contributed by atoms with Crippen LogP contribution in [-0.2, 0) is 26.4 Å². The molecule has 2 aromatic heterocycles. The summed E-state index contributed by atoms with van der Waals surface area (Å²) in [6.45, 7) is 5.45. The van der Waals surface area contributed by atoms with Crippen molar-refractivity contribution in [3.05, 3.63) is 24.3 Å². The van der Waals surface area contributed by atoms with Gasteiger partial charge in [0.2, 0.25) is 0 Å². The summed E-state index contributed by atoms with van der Waals surface area (Å²) in [4.78, 5) is 4.35. The summed E-state index contributed by atoms with van der Waals surface area (Å²) in [7, 11) is 0. The number of imidazole rings is 1. The SMILES string of the molecule is C[C@H]1Cn2nc(C34CCC(COC5CCCCO5)(CC3)CO4)cc2-c2cncn21. The van der Waals surface area contributed by atoms with Crippen LogP contribution >= 0.6 is 0 Å². The Hall–Kier alpha value is -1.70. The van der Waals surface area contributed by atoms with Crippen LogP contribution in [0.4, 0.5) is 0 Å². The van der Waals surface area contributed by atoms with E-state index < -0.39 is 0 Å². The molecule has 0 N–H and O–H groups in total. The van der Waals surface area contributed by atoms with Crippen molar-refractivity contribution in [1.82, 2.24) is 19.3 Å². The van der Waals surface area contributed by atoms with Gasteiger partial charge in [0.05, 0.1) is 55.4 Å².